The molecule has 21 heavy (non-hydrogen) atoms. The van der Waals surface area contributed by atoms with Crippen LogP contribution in [0.15, 0.2) is 24.3 Å². The number of carboxylic acid groups (broad SMARTS) is 1. The van der Waals surface area contributed by atoms with Crippen molar-refractivity contribution in [3.8, 4) is 0 Å². The van der Waals surface area contributed by atoms with Crippen molar-refractivity contribution in [1.82, 2.24) is 0 Å². The molecule has 4 atom stereocenters. The molecule has 0 amide bonds. The molecule has 1 heterocycles. The Kier molecular flexibility index (Phi) is 5.59. The van der Waals surface area contributed by atoms with Crippen LogP contribution in [0.3, 0.4) is 0 Å². The van der Waals surface area contributed by atoms with Crippen LogP contribution in [-0.4, -0.2) is 78.5 Å². The SMILES string of the molecule is Cc1cc[c]([Sb]2[O]C(CO)C(C(O)C(O)C(=O)O)[O]2)cc1. The van der Waals surface area contributed by atoms with E-state index in [1.54, 1.807) is 0 Å². The van der Waals surface area contributed by atoms with Gasteiger partial charge in [0.05, 0.1) is 0 Å². The summed E-state index contributed by atoms with van der Waals surface area (Å²) in [7, 11) is 0. The van der Waals surface area contributed by atoms with E-state index in [9.17, 15) is 20.1 Å². The summed E-state index contributed by atoms with van der Waals surface area (Å²) in [4.78, 5) is 10.7. The molecule has 0 radical (unpaired) electrons. The molecule has 1 aliphatic rings. The maximum atomic E-state index is 10.7. The summed E-state index contributed by atoms with van der Waals surface area (Å²) in [6, 6.07) is 7.51. The minimum atomic E-state index is -2.83. The first kappa shape index (κ1) is 16.7. The Morgan fingerprint density at radius 3 is 2.43 bits per heavy atom. The summed E-state index contributed by atoms with van der Waals surface area (Å²) in [6.45, 7) is 1.53. The Balaban J connectivity index is 2.13. The van der Waals surface area contributed by atoms with Gasteiger partial charge in [-0.15, -0.1) is 0 Å². The van der Waals surface area contributed by atoms with Gasteiger partial charge in [-0.05, 0) is 0 Å². The van der Waals surface area contributed by atoms with Crippen LogP contribution in [0.1, 0.15) is 5.56 Å². The van der Waals surface area contributed by atoms with Gasteiger partial charge in [0.15, 0.2) is 0 Å². The van der Waals surface area contributed by atoms with Crippen molar-refractivity contribution >= 4 is 30.5 Å². The zero-order valence-electron chi connectivity index (χ0n) is 11.3. The molecule has 7 nitrogen and oxygen atoms in total. The fraction of sp³-hybridized carbons (Fsp3) is 0.462. The van der Waals surface area contributed by atoms with E-state index >= 15 is 0 Å². The molecule has 0 aliphatic carbocycles. The zero-order chi connectivity index (χ0) is 15.6. The molecule has 0 aromatic heterocycles. The van der Waals surface area contributed by atoms with Gasteiger partial charge >= 0.3 is 130 Å². The van der Waals surface area contributed by atoms with Crippen LogP contribution in [-0.2, 0) is 10.8 Å². The van der Waals surface area contributed by atoms with Crippen molar-refractivity contribution in [2.24, 2.45) is 0 Å². The Morgan fingerprint density at radius 2 is 1.90 bits per heavy atom. The summed E-state index contributed by atoms with van der Waals surface area (Å²) in [5, 5.41) is 37.3. The second-order valence-electron chi connectivity index (χ2n) is 4.76. The number of benzene rings is 1. The molecular formula is C13H17O7Sb. The van der Waals surface area contributed by atoms with Crippen molar-refractivity contribution < 1.29 is 31.3 Å². The van der Waals surface area contributed by atoms with E-state index in [0.717, 1.165) is 9.07 Å². The molecule has 2 rings (SSSR count). The maximum absolute atomic E-state index is 10.7. The van der Waals surface area contributed by atoms with Crippen molar-refractivity contribution in [2.75, 3.05) is 6.61 Å². The number of hydrogen-bond donors (Lipinski definition) is 4. The molecule has 116 valence electrons. The summed E-state index contributed by atoms with van der Waals surface area (Å²) in [6.07, 6.45) is -5.52. The molecule has 1 aromatic rings. The fourth-order valence-corrected chi connectivity index (χ4v) is 6.49. The zero-order valence-corrected chi connectivity index (χ0v) is 13.8. The van der Waals surface area contributed by atoms with Gasteiger partial charge in [0.1, 0.15) is 0 Å². The Labute approximate surface area is 129 Å². The number of aliphatic carboxylic acids is 1. The van der Waals surface area contributed by atoms with Crippen molar-refractivity contribution in [1.29, 1.82) is 0 Å². The van der Waals surface area contributed by atoms with Crippen LogP contribution in [0.25, 0.3) is 0 Å². The van der Waals surface area contributed by atoms with Gasteiger partial charge in [0.2, 0.25) is 0 Å². The normalized spacial score (nSPS) is 25.7. The first-order chi connectivity index (χ1) is 9.93. The van der Waals surface area contributed by atoms with Gasteiger partial charge in [-0.1, -0.05) is 0 Å². The van der Waals surface area contributed by atoms with Crippen LogP contribution in [0, 0.1) is 6.92 Å². The molecule has 1 saturated heterocycles. The van der Waals surface area contributed by atoms with Crippen molar-refractivity contribution in [2.45, 2.75) is 31.3 Å². The molecule has 4 N–H and O–H groups in total. The summed E-state index contributed by atoms with van der Waals surface area (Å²) < 4.78 is 12.2. The van der Waals surface area contributed by atoms with Crippen LogP contribution in [0.2, 0.25) is 0 Å². The van der Waals surface area contributed by atoms with E-state index in [0.29, 0.717) is 0 Å². The Morgan fingerprint density at radius 1 is 1.29 bits per heavy atom. The van der Waals surface area contributed by atoms with E-state index in [1.807, 2.05) is 31.2 Å². The molecule has 1 aromatic carbocycles. The van der Waals surface area contributed by atoms with E-state index < -0.39 is 58.0 Å². The quantitative estimate of drug-likeness (QED) is 0.429. The second-order valence-corrected chi connectivity index (χ2v) is 8.91. The number of aryl methyl sites for hydroxylation is 1. The average molecular weight is 407 g/mol. The van der Waals surface area contributed by atoms with Crippen LogP contribution in [0.4, 0.5) is 0 Å². The second kappa shape index (κ2) is 7.05. The summed E-state index contributed by atoms with van der Waals surface area (Å²) in [5.41, 5.74) is 1.08. The van der Waals surface area contributed by atoms with Gasteiger partial charge in [-0.2, -0.15) is 0 Å². The first-order valence-electron chi connectivity index (χ1n) is 6.34. The summed E-state index contributed by atoms with van der Waals surface area (Å²) >= 11 is -2.83. The third kappa shape index (κ3) is 3.74. The average Bonchev–Trinajstić information content (AvgIpc) is 2.90. The molecule has 0 spiro atoms. The molecule has 1 fully saturated rings. The molecule has 8 heteroatoms. The Bertz CT molecular complexity index is 492. The van der Waals surface area contributed by atoms with Gasteiger partial charge in [0, 0.05) is 0 Å². The van der Waals surface area contributed by atoms with Crippen molar-refractivity contribution in [3.05, 3.63) is 29.8 Å². The molecule has 0 bridgehead atoms. The van der Waals surface area contributed by atoms with Crippen molar-refractivity contribution in [3.63, 3.8) is 0 Å². The number of carbonyl (C=O) groups is 1. The molecular weight excluding hydrogens is 390 g/mol. The van der Waals surface area contributed by atoms with Crippen LogP contribution < -0.4 is 3.51 Å². The number of rotatable bonds is 5. The summed E-state index contributed by atoms with van der Waals surface area (Å²) in [5.74, 6) is -1.55. The van der Waals surface area contributed by atoms with E-state index in [2.05, 4.69) is 0 Å². The van der Waals surface area contributed by atoms with E-state index in [1.165, 1.54) is 0 Å². The van der Waals surface area contributed by atoms with Crippen LogP contribution >= 0.6 is 0 Å². The van der Waals surface area contributed by atoms with Gasteiger partial charge in [0.25, 0.3) is 0 Å². The number of aliphatic hydroxyl groups is 3. The number of carboxylic acids is 1. The van der Waals surface area contributed by atoms with E-state index in [4.69, 9.17) is 11.1 Å². The molecule has 0 saturated carbocycles. The third-order valence-electron chi connectivity index (χ3n) is 3.15. The minimum absolute atomic E-state index is 0.416. The standard InChI is InChI=1S/C7H7.C6H10O7.Sb/c1-7-5-3-2-4-6-7;7-1-2(8)3(9)4(10)5(11)6(12)13;/h3-6H,1H3;2-5,7,10-11H,1H2,(H,12,13);/q;-2;+2. The predicted octanol–water partition coefficient (Wildman–Crippen LogP) is -1.73. The van der Waals surface area contributed by atoms with E-state index in [-0.39, 0.29) is 0 Å². The van der Waals surface area contributed by atoms with Gasteiger partial charge < -0.3 is 0 Å². The van der Waals surface area contributed by atoms with Gasteiger partial charge in [-0.3, -0.25) is 0 Å². The molecule has 1 aliphatic heterocycles. The monoisotopic (exact) mass is 406 g/mol. The predicted molar refractivity (Wildman–Crippen MR) is 73.0 cm³/mol. The first-order valence-corrected chi connectivity index (χ1v) is 9.70. The number of hydrogen-bond acceptors (Lipinski definition) is 6. The topological polar surface area (TPSA) is 116 Å². The Hall–Kier alpha value is -0.692. The van der Waals surface area contributed by atoms with Gasteiger partial charge in [-0.25, -0.2) is 0 Å². The number of aliphatic hydroxyl groups excluding tert-OH is 3. The van der Waals surface area contributed by atoms with Crippen LogP contribution in [0.5, 0.6) is 0 Å². The fourth-order valence-electron chi connectivity index (χ4n) is 1.92. The third-order valence-corrected chi connectivity index (χ3v) is 7.77. The molecule has 4 unspecified atom stereocenters.